The van der Waals surface area contributed by atoms with Gasteiger partial charge in [-0.15, -0.1) is 11.8 Å². The summed E-state index contributed by atoms with van der Waals surface area (Å²) in [6.07, 6.45) is 16.4. The lowest BCUT2D eigenvalue weighted by Crippen LogP contribution is -2.09. The minimum Gasteiger partial charge on any atom is -0.371 e. The Balaban J connectivity index is 1.75. The highest BCUT2D eigenvalue weighted by Gasteiger charge is 1.98. The molecule has 0 saturated carbocycles. The van der Waals surface area contributed by atoms with Crippen LogP contribution in [0.15, 0.2) is 23.8 Å². The molecule has 0 heterocycles. The predicted octanol–water partition coefficient (Wildman–Crippen LogP) is 4.19. The Labute approximate surface area is 133 Å². The van der Waals surface area contributed by atoms with Crippen molar-refractivity contribution in [3.8, 4) is 0 Å². The van der Waals surface area contributed by atoms with Crippen molar-refractivity contribution in [1.82, 2.24) is 0 Å². The second-order valence-electron chi connectivity index (χ2n) is 5.43. The molecule has 0 radical (unpaired) electrons. The maximum Gasteiger partial charge on any atom is 0.217 e. The van der Waals surface area contributed by atoms with Crippen LogP contribution in [-0.2, 0) is 9.53 Å². The van der Waals surface area contributed by atoms with Crippen LogP contribution in [0, 0.1) is 0 Å². The molecule has 0 aromatic rings. The van der Waals surface area contributed by atoms with Gasteiger partial charge in [-0.05, 0) is 44.3 Å². The van der Waals surface area contributed by atoms with E-state index in [2.05, 4.69) is 18.2 Å². The van der Waals surface area contributed by atoms with Crippen molar-refractivity contribution in [3.05, 3.63) is 23.8 Å². The molecule has 0 spiro atoms. The van der Waals surface area contributed by atoms with E-state index in [1.807, 2.05) is 11.8 Å². The van der Waals surface area contributed by atoms with Crippen LogP contribution in [0.4, 0.5) is 0 Å². The normalized spacial score (nSPS) is 14.2. The van der Waals surface area contributed by atoms with Crippen LogP contribution >= 0.6 is 11.8 Å². The molecule has 1 amide bonds. The Kier molecular flexibility index (Phi) is 11.3. The summed E-state index contributed by atoms with van der Waals surface area (Å²) in [7, 11) is 0. The maximum atomic E-state index is 10.6. The van der Waals surface area contributed by atoms with Gasteiger partial charge in [-0.3, -0.25) is 4.79 Å². The number of unbranched alkanes of at least 4 members (excludes halogenated alkanes) is 3. The lowest BCUT2D eigenvalue weighted by molar-refractivity contribution is -0.118. The van der Waals surface area contributed by atoms with Gasteiger partial charge < -0.3 is 10.5 Å². The number of allylic oxidation sites excluding steroid dienone is 4. The molecule has 1 aliphatic carbocycles. The first-order chi connectivity index (χ1) is 10.3. The molecule has 1 aliphatic rings. The van der Waals surface area contributed by atoms with Crippen molar-refractivity contribution >= 4 is 17.7 Å². The summed E-state index contributed by atoms with van der Waals surface area (Å²) in [4.78, 5) is 10.6. The highest BCUT2D eigenvalue weighted by Crippen LogP contribution is 2.15. The summed E-state index contributed by atoms with van der Waals surface area (Å²) in [5, 5.41) is 0. The molecule has 0 atom stereocenters. The summed E-state index contributed by atoms with van der Waals surface area (Å²) in [6.45, 7) is 0.858. The highest BCUT2D eigenvalue weighted by molar-refractivity contribution is 7.99. The van der Waals surface area contributed by atoms with Gasteiger partial charge in [0.15, 0.2) is 0 Å². The van der Waals surface area contributed by atoms with Crippen molar-refractivity contribution in [2.75, 3.05) is 18.3 Å². The van der Waals surface area contributed by atoms with Crippen LogP contribution in [0.1, 0.15) is 57.8 Å². The van der Waals surface area contributed by atoms with E-state index in [0.29, 0.717) is 6.42 Å². The summed E-state index contributed by atoms with van der Waals surface area (Å²) in [6, 6.07) is 0. The van der Waals surface area contributed by atoms with E-state index < -0.39 is 0 Å². The predicted molar refractivity (Wildman–Crippen MR) is 91.2 cm³/mol. The van der Waals surface area contributed by atoms with E-state index in [9.17, 15) is 4.79 Å². The third kappa shape index (κ3) is 11.6. The van der Waals surface area contributed by atoms with Crippen molar-refractivity contribution in [1.29, 1.82) is 0 Å². The quantitative estimate of drug-likeness (QED) is 0.410. The van der Waals surface area contributed by atoms with Gasteiger partial charge in [-0.1, -0.05) is 36.6 Å². The Hall–Kier alpha value is -0.740. The summed E-state index contributed by atoms with van der Waals surface area (Å²) < 4.78 is 5.63. The Morgan fingerprint density at radius 2 is 2.05 bits per heavy atom. The molecular formula is C17H29NO2S. The second kappa shape index (κ2) is 13.0. The fraction of sp³-hybridized carbons (Fsp3) is 0.706. The van der Waals surface area contributed by atoms with Crippen molar-refractivity contribution in [2.24, 2.45) is 5.73 Å². The van der Waals surface area contributed by atoms with Gasteiger partial charge >= 0.3 is 0 Å². The summed E-state index contributed by atoms with van der Waals surface area (Å²) >= 11 is 1.86. The number of amides is 1. The largest absolute Gasteiger partial charge is 0.371 e. The molecule has 0 aliphatic heterocycles. The van der Waals surface area contributed by atoms with E-state index in [-0.39, 0.29) is 5.91 Å². The minimum atomic E-state index is -0.183. The van der Waals surface area contributed by atoms with Crippen LogP contribution in [0.5, 0.6) is 0 Å². The molecule has 0 aromatic carbocycles. The van der Waals surface area contributed by atoms with Gasteiger partial charge in [-0.25, -0.2) is 0 Å². The molecule has 2 N–H and O–H groups in total. The third-order valence-electron chi connectivity index (χ3n) is 3.45. The number of hydrogen-bond donors (Lipinski definition) is 1. The number of ether oxygens (including phenoxy) is 1. The fourth-order valence-corrected chi connectivity index (χ4v) is 3.03. The topological polar surface area (TPSA) is 52.3 Å². The first-order valence-electron chi connectivity index (χ1n) is 8.08. The van der Waals surface area contributed by atoms with Gasteiger partial charge in [0.2, 0.25) is 5.91 Å². The van der Waals surface area contributed by atoms with Crippen molar-refractivity contribution < 1.29 is 9.53 Å². The number of hydrogen-bond acceptors (Lipinski definition) is 3. The van der Waals surface area contributed by atoms with E-state index >= 15 is 0 Å². The average Bonchev–Trinajstić information content (AvgIpc) is 2.49. The number of nitrogens with two attached hydrogens (primary N) is 1. The molecule has 4 heteroatoms. The summed E-state index contributed by atoms with van der Waals surface area (Å²) in [5.74, 6) is 1.76. The second-order valence-corrected chi connectivity index (χ2v) is 6.48. The Morgan fingerprint density at radius 1 is 1.19 bits per heavy atom. The first-order valence-corrected chi connectivity index (χ1v) is 9.24. The molecular weight excluding hydrogens is 282 g/mol. The van der Waals surface area contributed by atoms with Gasteiger partial charge in [-0.2, -0.15) is 0 Å². The van der Waals surface area contributed by atoms with Crippen LogP contribution < -0.4 is 5.73 Å². The zero-order chi connectivity index (χ0) is 15.2. The molecule has 0 bridgehead atoms. The highest BCUT2D eigenvalue weighted by atomic mass is 32.2. The number of carbonyl (C=O) groups is 1. The Morgan fingerprint density at radius 3 is 2.81 bits per heavy atom. The lowest BCUT2D eigenvalue weighted by Gasteiger charge is -2.07. The monoisotopic (exact) mass is 311 g/mol. The zero-order valence-electron chi connectivity index (χ0n) is 13.0. The van der Waals surface area contributed by atoms with Crippen molar-refractivity contribution in [2.45, 2.75) is 57.8 Å². The van der Waals surface area contributed by atoms with E-state index in [0.717, 1.165) is 44.0 Å². The van der Waals surface area contributed by atoms with E-state index in [1.54, 1.807) is 0 Å². The average molecular weight is 311 g/mol. The van der Waals surface area contributed by atoms with E-state index in [4.69, 9.17) is 10.5 Å². The number of rotatable bonds is 13. The molecule has 120 valence electrons. The number of thioether (sulfide) groups is 1. The summed E-state index contributed by atoms with van der Waals surface area (Å²) in [5.41, 5.74) is 6.56. The zero-order valence-corrected chi connectivity index (χ0v) is 13.8. The van der Waals surface area contributed by atoms with Gasteiger partial charge in [0.25, 0.3) is 0 Å². The van der Waals surface area contributed by atoms with Crippen molar-refractivity contribution in [3.63, 3.8) is 0 Å². The smallest absolute Gasteiger partial charge is 0.217 e. The van der Waals surface area contributed by atoms with Gasteiger partial charge in [0.1, 0.15) is 0 Å². The first kappa shape index (κ1) is 18.3. The standard InChI is InChI=1S/C17H29NO2S/c18-17(19)12-6-1-2-7-14-21-15-20-13-8-11-16-9-4-3-5-10-16/h4,9-10H,1-3,5-8,11-15H2,(H2,18,19). The Bertz CT molecular complexity index is 340. The van der Waals surface area contributed by atoms with Crippen LogP contribution in [0.25, 0.3) is 0 Å². The van der Waals surface area contributed by atoms with E-state index in [1.165, 1.54) is 31.3 Å². The molecule has 0 unspecified atom stereocenters. The van der Waals surface area contributed by atoms with Crippen LogP contribution in [0.3, 0.4) is 0 Å². The molecule has 0 saturated heterocycles. The molecule has 0 fully saturated rings. The van der Waals surface area contributed by atoms with Crippen LogP contribution in [-0.4, -0.2) is 24.2 Å². The third-order valence-corrected chi connectivity index (χ3v) is 4.37. The molecule has 21 heavy (non-hydrogen) atoms. The number of carbonyl (C=O) groups excluding carboxylic acids is 1. The molecule has 1 rings (SSSR count). The maximum absolute atomic E-state index is 10.6. The molecule has 0 aromatic heterocycles. The lowest BCUT2D eigenvalue weighted by atomic mass is 10.0. The molecule has 3 nitrogen and oxygen atoms in total. The SMILES string of the molecule is NC(=O)CCCCCCSCOCCCC1=CCCC=C1. The fourth-order valence-electron chi connectivity index (χ4n) is 2.27. The van der Waals surface area contributed by atoms with Crippen LogP contribution in [0.2, 0.25) is 0 Å². The van der Waals surface area contributed by atoms with Gasteiger partial charge in [0, 0.05) is 13.0 Å². The number of primary amides is 1. The van der Waals surface area contributed by atoms with Gasteiger partial charge in [0.05, 0.1) is 5.94 Å². The minimum absolute atomic E-state index is 0.183.